The van der Waals surface area contributed by atoms with Gasteiger partial charge in [-0.05, 0) is 11.6 Å². The van der Waals surface area contributed by atoms with Gasteiger partial charge in [0.05, 0.1) is 13.3 Å². The summed E-state index contributed by atoms with van der Waals surface area (Å²) in [6, 6.07) is 0. The number of amides is 1. The Morgan fingerprint density at radius 3 is 3.06 bits per heavy atom. The van der Waals surface area contributed by atoms with Crippen molar-refractivity contribution in [2.45, 2.75) is 6.42 Å². The van der Waals surface area contributed by atoms with Gasteiger partial charge in [0, 0.05) is 25.5 Å². The average Bonchev–Trinajstić information content (AvgIpc) is 2.70. The van der Waals surface area contributed by atoms with Gasteiger partial charge >= 0.3 is 0 Å². The molecule has 0 aromatic carbocycles. The second-order valence-corrected chi connectivity index (χ2v) is 4.13. The van der Waals surface area contributed by atoms with Crippen LogP contribution in [0.5, 0.6) is 5.75 Å². The van der Waals surface area contributed by atoms with Gasteiger partial charge in [-0.15, -0.1) is 0 Å². The van der Waals surface area contributed by atoms with Gasteiger partial charge in [0.25, 0.3) is 0 Å². The van der Waals surface area contributed by atoms with Gasteiger partial charge in [0.2, 0.25) is 11.2 Å². The van der Waals surface area contributed by atoms with Crippen molar-refractivity contribution in [3.05, 3.63) is 11.5 Å². The van der Waals surface area contributed by atoms with Crippen molar-refractivity contribution < 1.29 is 14.6 Å². The van der Waals surface area contributed by atoms with Crippen LogP contribution in [0.1, 0.15) is 6.42 Å². The Balaban J connectivity index is 2.33. The molecule has 1 unspecified atom stereocenters. The van der Waals surface area contributed by atoms with E-state index in [1.165, 1.54) is 18.2 Å². The van der Waals surface area contributed by atoms with Crippen LogP contribution in [-0.2, 0) is 4.79 Å². The third kappa shape index (κ3) is 2.32. The van der Waals surface area contributed by atoms with E-state index in [-0.39, 0.29) is 23.7 Å². The van der Waals surface area contributed by atoms with Gasteiger partial charge in [0.1, 0.15) is 0 Å². The van der Waals surface area contributed by atoms with Crippen LogP contribution in [-0.4, -0.2) is 41.2 Å². The summed E-state index contributed by atoms with van der Waals surface area (Å²) in [4.78, 5) is 21.0. The highest BCUT2D eigenvalue weighted by Gasteiger charge is 2.32. The third-order valence-corrected chi connectivity index (χ3v) is 2.83. The Kier molecular flexibility index (Phi) is 3.44. The van der Waals surface area contributed by atoms with Crippen LogP contribution in [0.15, 0.2) is 6.20 Å². The number of halogens is 1. The lowest BCUT2D eigenvalue weighted by atomic mass is 10.1. The highest BCUT2D eigenvalue weighted by Crippen LogP contribution is 2.31. The monoisotopic (exact) mass is 257 g/mol. The van der Waals surface area contributed by atoms with Crippen LogP contribution in [0.2, 0.25) is 5.28 Å². The molecule has 2 heterocycles. The van der Waals surface area contributed by atoms with Gasteiger partial charge in [-0.2, -0.15) is 4.98 Å². The molecule has 1 fully saturated rings. The topological polar surface area (TPSA) is 75.6 Å². The van der Waals surface area contributed by atoms with E-state index in [9.17, 15) is 4.79 Å². The standard InChI is InChI=1S/C10H12ClN3O3/c1-17-7-3-12-10(11)13-9(7)14-4-6(5-15)2-8(14)16/h3,6,15H,2,4-5H2,1H3. The maximum Gasteiger partial charge on any atom is 0.228 e. The predicted molar refractivity (Wildman–Crippen MR) is 61.1 cm³/mol. The number of hydrogen-bond acceptors (Lipinski definition) is 5. The number of carbonyl (C=O) groups is 1. The number of anilines is 1. The Morgan fingerprint density at radius 1 is 1.71 bits per heavy atom. The fraction of sp³-hybridized carbons (Fsp3) is 0.500. The van der Waals surface area contributed by atoms with Crippen molar-refractivity contribution in [1.29, 1.82) is 0 Å². The zero-order valence-electron chi connectivity index (χ0n) is 9.26. The second-order valence-electron chi connectivity index (χ2n) is 3.79. The van der Waals surface area contributed by atoms with E-state index in [2.05, 4.69) is 9.97 Å². The van der Waals surface area contributed by atoms with E-state index in [1.54, 1.807) is 0 Å². The molecule has 1 amide bonds. The zero-order valence-corrected chi connectivity index (χ0v) is 10.0. The molecule has 2 rings (SSSR count). The molecule has 17 heavy (non-hydrogen) atoms. The van der Waals surface area contributed by atoms with Crippen LogP contribution in [0.4, 0.5) is 5.82 Å². The van der Waals surface area contributed by atoms with E-state index in [4.69, 9.17) is 21.4 Å². The van der Waals surface area contributed by atoms with Crippen molar-refractivity contribution in [3.8, 4) is 5.75 Å². The largest absolute Gasteiger partial charge is 0.491 e. The van der Waals surface area contributed by atoms with Crippen LogP contribution in [0, 0.1) is 5.92 Å². The molecular formula is C10H12ClN3O3. The molecule has 6 nitrogen and oxygen atoms in total. The number of nitrogens with zero attached hydrogens (tertiary/aromatic N) is 3. The fourth-order valence-corrected chi connectivity index (χ4v) is 1.92. The van der Waals surface area contributed by atoms with Crippen LogP contribution >= 0.6 is 11.6 Å². The molecule has 1 N–H and O–H groups in total. The average molecular weight is 258 g/mol. The quantitative estimate of drug-likeness (QED) is 0.798. The lowest BCUT2D eigenvalue weighted by Crippen LogP contribution is -2.26. The summed E-state index contributed by atoms with van der Waals surface area (Å²) >= 11 is 5.71. The number of carbonyl (C=O) groups excluding carboxylic acids is 1. The normalized spacial score (nSPS) is 19.8. The number of methoxy groups -OCH3 is 1. The molecule has 1 saturated heterocycles. The molecule has 1 aliphatic heterocycles. The van der Waals surface area contributed by atoms with E-state index < -0.39 is 0 Å². The van der Waals surface area contributed by atoms with E-state index in [0.717, 1.165) is 0 Å². The highest BCUT2D eigenvalue weighted by atomic mass is 35.5. The van der Waals surface area contributed by atoms with Crippen LogP contribution < -0.4 is 9.64 Å². The molecule has 1 aliphatic rings. The number of hydrogen-bond donors (Lipinski definition) is 1. The van der Waals surface area contributed by atoms with Gasteiger partial charge in [0.15, 0.2) is 11.6 Å². The SMILES string of the molecule is COc1cnc(Cl)nc1N1CC(CO)CC1=O. The van der Waals surface area contributed by atoms with E-state index in [1.807, 2.05) is 0 Å². The maximum atomic E-state index is 11.8. The summed E-state index contributed by atoms with van der Waals surface area (Å²) in [6.07, 6.45) is 1.73. The molecular weight excluding hydrogens is 246 g/mol. The number of rotatable bonds is 3. The molecule has 0 radical (unpaired) electrons. The molecule has 0 saturated carbocycles. The van der Waals surface area contributed by atoms with Crippen LogP contribution in [0.3, 0.4) is 0 Å². The molecule has 0 aliphatic carbocycles. The molecule has 0 bridgehead atoms. The lowest BCUT2D eigenvalue weighted by molar-refractivity contribution is -0.117. The van der Waals surface area contributed by atoms with Gasteiger partial charge in [-0.1, -0.05) is 0 Å². The number of ether oxygens (including phenoxy) is 1. The van der Waals surface area contributed by atoms with Crippen LogP contribution in [0.25, 0.3) is 0 Å². The molecule has 1 aromatic rings. The predicted octanol–water partition coefficient (Wildman–Crippen LogP) is 0.484. The fourth-order valence-electron chi connectivity index (χ4n) is 1.79. The molecule has 0 spiro atoms. The summed E-state index contributed by atoms with van der Waals surface area (Å²) in [5.41, 5.74) is 0. The van der Waals surface area contributed by atoms with Crippen molar-refractivity contribution in [3.63, 3.8) is 0 Å². The zero-order chi connectivity index (χ0) is 12.4. The minimum absolute atomic E-state index is 0.0244. The Labute approximate surface area is 103 Å². The first-order valence-corrected chi connectivity index (χ1v) is 5.51. The van der Waals surface area contributed by atoms with E-state index >= 15 is 0 Å². The number of aliphatic hydroxyl groups is 1. The summed E-state index contributed by atoms with van der Waals surface area (Å²) in [5.74, 6) is 0.577. The second kappa shape index (κ2) is 4.85. The molecule has 1 atom stereocenters. The summed E-state index contributed by atoms with van der Waals surface area (Å²) in [7, 11) is 1.47. The summed E-state index contributed by atoms with van der Waals surface area (Å²) in [5, 5.41) is 9.12. The van der Waals surface area contributed by atoms with Crippen molar-refractivity contribution in [2.75, 3.05) is 25.2 Å². The summed E-state index contributed by atoms with van der Waals surface area (Å²) < 4.78 is 5.09. The van der Waals surface area contributed by atoms with Gasteiger partial charge in [-0.25, -0.2) is 4.98 Å². The molecule has 92 valence electrons. The van der Waals surface area contributed by atoms with Crippen molar-refractivity contribution >= 4 is 23.3 Å². The minimum Gasteiger partial charge on any atom is -0.491 e. The van der Waals surface area contributed by atoms with Gasteiger partial charge < -0.3 is 9.84 Å². The summed E-state index contributed by atoms with van der Waals surface area (Å²) in [6.45, 7) is 0.391. The number of aliphatic hydroxyl groups excluding tert-OH is 1. The Morgan fingerprint density at radius 2 is 2.47 bits per heavy atom. The number of aromatic nitrogens is 2. The minimum atomic E-state index is -0.0999. The first kappa shape index (κ1) is 12.1. The smallest absolute Gasteiger partial charge is 0.228 e. The highest BCUT2D eigenvalue weighted by molar-refractivity contribution is 6.28. The van der Waals surface area contributed by atoms with Crippen molar-refractivity contribution in [1.82, 2.24) is 9.97 Å². The third-order valence-electron chi connectivity index (χ3n) is 2.65. The van der Waals surface area contributed by atoms with E-state index in [0.29, 0.717) is 24.5 Å². The Hall–Kier alpha value is -1.40. The van der Waals surface area contributed by atoms with Gasteiger partial charge in [-0.3, -0.25) is 9.69 Å². The van der Waals surface area contributed by atoms with Crippen molar-refractivity contribution in [2.24, 2.45) is 5.92 Å². The molecule has 1 aromatic heterocycles. The first-order chi connectivity index (χ1) is 8.15. The lowest BCUT2D eigenvalue weighted by Gasteiger charge is -2.17. The Bertz CT molecular complexity index is 441. The first-order valence-electron chi connectivity index (χ1n) is 5.13. The maximum absolute atomic E-state index is 11.8. The molecule has 7 heteroatoms.